The minimum Gasteiger partial charge on any atom is -0.372 e. The highest BCUT2D eigenvalue weighted by Gasteiger charge is 2.49. The fourth-order valence-electron chi connectivity index (χ4n) is 3.76. The zero-order valence-electron chi connectivity index (χ0n) is 17.2. The van der Waals surface area contributed by atoms with Gasteiger partial charge in [-0.2, -0.15) is 4.99 Å². The topological polar surface area (TPSA) is 70.0 Å². The van der Waals surface area contributed by atoms with E-state index in [2.05, 4.69) is 35.9 Å². The van der Waals surface area contributed by atoms with E-state index in [1.165, 1.54) is 11.8 Å². The van der Waals surface area contributed by atoms with E-state index in [1.807, 2.05) is 31.7 Å². The summed E-state index contributed by atoms with van der Waals surface area (Å²) in [6.45, 7) is 11.8. The Morgan fingerprint density at radius 3 is 2.54 bits per heavy atom. The second-order valence-electron chi connectivity index (χ2n) is 7.70. The maximum Gasteiger partial charge on any atom is 0.250 e. The first-order valence-corrected chi connectivity index (χ1v) is 12.5. The minimum atomic E-state index is -3.07. The summed E-state index contributed by atoms with van der Waals surface area (Å²) in [7, 11) is -3.07. The summed E-state index contributed by atoms with van der Waals surface area (Å²) in [6, 6.07) is 6.06. The first kappa shape index (κ1) is 21.2. The summed E-state index contributed by atoms with van der Waals surface area (Å²) in [6.07, 6.45) is 0. The number of benzene rings is 1. The molecule has 0 spiro atoms. The second kappa shape index (κ2) is 8.06. The molecule has 6 nitrogen and oxygen atoms in total. The third kappa shape index (κ3) is 4.08. The molecular formula is C20H29N3O3S2. The van der Waals surface area contributed by atoms with E-state index in [9.17, 15) is 13.2 Å². The molecule has 3 rings (SSSR count). The number of aryl methyl sites for hydroxylation is 1. The standard InChI is InChI=1S/C20H29N3O3S2/c1-6-22(7-2)15-8-9-16(14(5)10-15)23-17-11-28(25,26)12-18(17)27-20(23)21-19(24)13(3)4/h8-10,13,17-18H,6-7,11-12H2,1-5H3/t17-,18-/m1/s1. The molecule has 0 radical (unpaired) electrons. The molecule has 0 unspecified atom stereocenters. The number of carbonyl (C=O) groups excluding carboxylic acids is 1. The monoisotopic (exact) mass is 423 g/mol. The van der Waals surface area contributed by atoms with Crippen LogP contribution in [0.15, 0.2) is 23.2 Å². The van der Waals surface area contributed by atoms with Crippen molar-refractivity contribution in [3.8, 4) is 0 Å². The van der Waals surface area contributed by atoms with Crippen LogP contribution in [0, 0.1) is 12.8 Å². The Morgan fingerprint density at radius 1 is 1.29 bits per heavy atom. The molecule has 1 aromatic carbocycles. The van der Waals surface area contributed by atoms with E-state index in [4.69, 9.17) is 0 Å². The summed E-state index contributed by atoms with van der Waals surface area (Å²) in [4.78, 5) is 20.9. The number of carbonyl (C=O) groups is 1. The molecule has 0 aromatic heterocycles. The highest BCUT2D eigenvalue weighted by Crippen LogP contribution is 2.42. The Hall–Kier alpha value is -1.54. The van der Waals surface area contributed by atoms with E-state index in [0.717, 1.165) is 30.0 Å². The number of amidine groups is 1. The lowest BCUT2D eigenvalue weighted by molar-refractivity contribution is -0.120. The number of amides is 1. The van der Waals surface area contributed by atoms with Crippen LogP contribution in [-0.2, 0) is 14.6 Å². The summed E-state index contributed by atoms with van der Waals surface area (Å²) in [5, 5.41) is 0.549. The molecule has 0 aliphatic carbocycles. The van der Waals surface area contributed by atoms with E-state index < -0.39 is 9.84 Å². The Kier molecular flexibility index (Phi) is 6.10. The van der Waals surface area contributed by atoms with Gasteiger partial charge >= 0.3 is 0 Å². The van der Waals surface area contributed by atoms with Gasteiger partial charge in [0.25, 0.3) is 5.91 Å². The molecule has 2 aliphatic rings. The van der Waals surface area contributed by atoms with Gasteiger partial charge in [0.2, 0.25) is 0 Å². The van der Waals surface area contributed by atoms with Gasteiger partial charge in [-0.15, -0.1) is 0 Å². The lowest BCUT2D eigenvalue weighted by Crippen LogP contribution is -2.38. The van der Waals surface area contributed by atoms with Crippen LogP contribution in [0.25, 0.3) is 0 Å². The van der Waals surface area contributed by atoms with Gasteiger partial charge in [-0.3, -0.25) is 4.79 Å². The quantitative estimate of drug-likeness (QED) is 0.725. The molecule has 2 aliphatic heterocycles. The molecule has 2 saturated heterocycles. The Bertz CT molecular complexity index is 892. The van der Waals surface area contributed by atoms with Crippen LogP contribution in [0.4, 0.5) is 11.4 Å². The highest BCUT2D eigenvalue weighted by atomic mass is 32.2. The van der Waals surface area contributed by atoms with E-state index >= 15 is 0 Å². The smallest absolute Gasteiger partial charge is 0.250 e. The SMILES string of the molecule is CCN(CC)c1ccc(N2C(=NC(=O)C(C)C)S[C@@H]3CS(=O)(=O)C[C@H]32)c(C)c1. The third-order valence-corrected chi connectivity index (χ3v) is 8.54. The molecule has 8 heteroatoms. The van der Waals surface area contributed by atoms with Gasteiger partial charge in [-0.05, 0) is 44.5 Å². The van der Waals surface area contributed by atoms with Gasteiger partial charge < -0.3 is 9.80 Å². The number of hydrogen-bond donors (Lipinski definition) is 0. The van der Waals surface area contributed by atoms with E-state index in [1.54, 1.807) is 0 Å². The van der Waals surface area contributed by atoms with Gasteiger partial charge in [-0.25, -0.2) is 8.42 Å². The summed E-state index contributed by atoms with van der Waals surface area (Å²) >= 11 is 1.43. The number of anilines is 2. The molecule has 2 atom stereocenters. The number of rotatable bonds is 5. The average molecular weight is 424 g/mol. The maximum atomic E-state index is 12.3. The van der Waals surface area contributed by atoms with Crippen molar-refractivity contribution in [3.05, 3.63) is 23.8 Å². The van der Waals surface area contributed by atoms with Crippen LogP contribution >= 0.6 is 11.8 Å². The highest BCUT2D eigenvalue weighted by molar-refractivity contribution is 8.16. The van der Waals surface area contributed by atoms with Crippen LogP contribution in [-0.4, -0.2) is 55.4 Å². The average Bonchev–Trinajstić information content (AvgIpc) is 3.07. The van der Waals surface area contributed by atoms with Crippen LogP contribution in [0.5, 0.6) is 0 Å². The normalized spacial score (nSPS) is 24.8. The first-order valence-electron chi connectivity index (χ1n) is 9.81. The van der Waals surface area contributed by atoms with Gasteiger partial charge in [0.05, 0.1) is 17.5 Å². The largest absolute Gasteiger partial charge is 0.372 e. The molecule has 1 amide bonds. The fraction of sp³-hybridized carbons (Fsp3) is 0.600. The lowest BCUT2D eigenvalue weighted by atomic mass is 10.1. The van der Waals surface area contributed by atoms with Crippen molar-refractivity contribution >= 4 is 44.0 Å². The predicted molar refractivity (Wildman–Crippen MR) is 118 cm³/mol. The van der Waals surface area contributed by atoms with Gasteiger partial charge in [0, 0.05) is 35.6 Å². The Balaban J connectivity index is 2.03. The van der Waals surface area contributed by atoms with Crippen LogP contribution < -0.4 is 9.80 Å². The van der Waals surface area contributed by atoms with Crippen molar-refractivity contribution in [1.82, 2.24) is 0 Å². The number of hydrogen-bond acceptors (Lipinski definition) is 5. The molecule has 2 fully saturated rings. The molecule has 154 valence electrons. The molecule has 1 aromatic rings. The van der Waals surface area contributed by atoms with Crippen molar-refractivity contribution in [2.45, 2.75) is 45.9 Å². The van der Waals surface area contributed by atoms with Crippen molar-refractivity contribution < 1.29 is 13.2 Å². The lowest BCUT2D eigenvalue weighted by Gasteiger charge is -2.28. The number of thioether (sulfide) groups is 1. The van der Waals surface area contributed by atoms with E-state index in [-0.39, 0.29) is 34.6 Å². The van der Waals surface area contributed by atoms with Crippen LogP contribution in [0.2, 0.25) is 0 Å². The first-order chi connectivity index (χ1) is 13.2. The Morgan fingerprint density at radius 2 is 1.96 bits per heavy atom. The van der Waals surface area contributed by atoms with E-state index in [0.29, 0.717) is 5.17 Å². The molecular weight excluding hydrogens is 394 g/mol. The van der Waals surface area contributed by atoms with Gasteiger partial charge in [0.1, 0.15) is 0 Å². The maximum absolute atomic E-state index is 12.3. The second-order valence-corrected chi connectivity index (χ2v) is 11.1. The minimum absolute atomic E-state index is 0.0782. The molecule has 2 heterocycles. The summed E-state index contributed by atoms with van der Waals surface area (Å²) in [5.41, 5.74) is 3.13. The number of sulfone groups is 1. The summed E-state index contributed by atoms with van der Waals surface area (Å²) in [5.74, 6) is -0.112. The fourth-order valence-corrected chi connectivity index (χ4v) is 7.68. The van der Waals surface area contributed by atoms with Crippen molar-refractivity contribution in [2.75, 3.05) is 34.4 Å². The molecule has 28 heavy (non-hydrogen) atoms. The van der Waals surface area contributed by atoms with Crippen molar-refractivity contribution in [1.29, 1.82) is 0 Å². The zero-order valence-corrected chi connectivity index (χ0v) is 18.8. The number of fused-ring (bicyclic) bond motifs is 1. The van der Waals surface area contributed by atoms with Gasteiger partial charge in [0.15, 0.2) is 15.0 Å². The van der Waals surface area contributed by atoms with Crippen LogP contribution in [0.1, 0.15) is 33.3 Å². The zero-order chi connectivity index (χ0) is 20.6. The molecule has 0 saturated carbocycles. The third-order valence-electron chi connectivity index (χ3n) is 5.33. The molecule has 0 N–H and O–H groups in total. The predicted octanol–water partition coefficient (Wildman–Crippen LogP) is 3.10. The Labute approximate surface area is 172 Å². The summed E-state index contributed by atoms with van der Waals surface area (Å²) < 4.78 is 24.4. The van der Waals surface area contributed by atoms with Gasteiger partial charge in [-0.1, -0.05) is 25.6 Å². The number of nitrogens with zero attached hydrogens (tertiary/aromatic N) is 3. The molecule has 0 bridgehead atoms. The number of aliphatic imine (C=N–C) groups is 1. The van der Waals surface area contributed by atoms with Crippen molar-refractivity contribution in [2.24, 2.45) is 10.9 Å². The van der Waals surface area contributed by atoms with Crippen LogP contribution in [0.3, 0.4) is 0 Å². The van der Waals surface area contributed by atoms with Crippen molar-refractivity contribution in [3.63, 3.8) is 0 Å².